The van der Waals surface area contributed by atoms with Gasteiger partial charge in [-0.25, -0.2) is 0 Å². The molecule has 3 heteroatoms. The molecule has 0 atom stereocenters. The molecule has 1 aliphatic carbocycles. The molecule has 0 radical (unpaired) electrons. The van der Waals surface area contributed by atoms with Gasteiger partial charge in [0.1, 0.15) is 0 Å². The normalized spacial score (nSPS) is 18.8. The van der Waals surface area contributed by atoms with E-state index in [0.29, 0.717) is 6.04 Å². The third-order valence-corrected chi connectivity index (χ3v) is 3.91. The minimum atomic E-state index is 0.104. The van der Waals surface area contributed by atoms with E-state index in [2.05, 4.69) is 5.32 Å². The van der Waals surface area contributed by atoms with Crippen LogP contribution in [0.1, 0.15) is 55.3 Å². The first-order valence-electron chi connectivity index (χ1n) is 6.19. The van der Waals surface area contributed by atoms with Crippen LogP contribution in [0.25, 0.3) is 0 Å². The first-order chi connectivity index (χ1) is 7.86. The number of rotatable bonds is 2. The largest absolute Gasteiger partial charge is 0.349 e. The number of thiophene rings is 1. The van der Waals surface area contributed by atoms with E-state index >= 15 is 0 Å². The standard InChI is InChI=1S/C13H19NOS/c15-13(11-8-9-16-10-11)14-12-6-4-2-1-3-5-7-12/h8-10,12H,1-7H2,(H,14,15). The number of carbonyl (C=O) groups is 1. The van der Waals surface area contributed by atoms with E-state index < -0.39 is 0 Å². The molecular weight excluding hydrogens is 218 g/mol. The Morgan fingerprint density at radius 1 is 1.19 bits per heavy atom. The first kappa shape index (κ1) is 11.6. The van der Waals surface area contributed by atoms with Gasteiger partial charge in [-0.3, -0.25) is 4.79 Å². The summed E-state index contributed by atoms with van der Waals surface area (Å²) in [6, 6.07) is 2.29. The van der Waals surface area contributed by atoms with Crippen LogP contribution in [-0.2, 0) is 0 Å². The molecule has 0 aromatic carbocycles. The summed E-state index contributed by atoms with van der Waals surface area (Å²) in [7, 11) is 0. The molecule has 1 N–H and O–H groups in total. The van der Waals surface area contributed by atoms with Crippen LogP contribution in [0.4, 0.5) is 0 Å². The van der Waals surface area contributed by atoms with Gasteiger partial charge in [-0.15, -0.1) is 0 Å². The van der Waals surface area contributed by atoms with Crippen LogP contribution in [0.2, 0.25) is 0 Å². The maximum atomic E-state index is 11.9. The molecule has 1 aromatic rings. The summed E-state index contributed by atoms with van der Waals surface area (Å²) < 4.78 is 0. The lowest BCUT2D eigenvalue weighted by atomic mass is 9.96. The molecule has 0 bridgehead atoms. The Kier molecular flexibility index (Phi) is 4.40. The summed E-state index contributed by atoms with van der Waals surface area (Å²) in [6.07, 6.45) is 8.83. The summed E-state index contributed by atoms with van der Waals surface area (Å²) in [5.41, 5.74) is 0.812. The average molecular weight is 237 g/mol. The molecule has 2 rings (SSSR count). The Balaban J connectivity index is 1.85. The van der Waals surface area contributed by atoms with Crippen LogP contribution >= 0.6 is 11.3 Å². The Morgan fingerprint density at radius 3 is 2.50 bits per heavy atom. The zero-order valence-electron chi connectivity index (χ0n) is 9.58. The zero-order chi connectivity index (χ0) is 11.2. The van der Waals surface area contributed by atoms with Gasteiger partial charge < -0.3 is 5.32 Å². The summed E-state index contributed by atoms with van der Waals surface area (Å²) in [6.45, 7) is 0. The van der Waals surface area contributed by atoms with Crippen molar-refractivity contribution in [3.63, 3.8) is 0 Å². The molecule has 1 fully saturated rings. The highest BCUT2D eigenvalue weighted by atomic mass is 32.1. The van der Waals surface area contributed by atoms with E-state index in [4.69, 9.17) is 0 Å². The quantitative estimate of drug-likeness (QED) is 0.836. The number of nitrogens with one attached hydrogen (secondary N) is 1. The molecule has 0 spiro atoms. The second-order valence-electron chi connectivity index (χ2n) is 4.53. The average Bonchev–Trinajstić information content (AvgIpc) is 2.74. The lowest BCUT2D eigenvalue weighted by Gasteiger charge is -2.20. The second-order valence-corrected chi connectivity index (χ2v) is 5.31. The predicted molar refractivity (Wildman–Crippen MR) is 67.9 cm³/mol. The van der Waals surface area contributed by atoms with Crippen LogP contribution in [0, 0.1) is 0 Å². The van der Waals surface area contributed by atoms with Gasteiger partial charge in [0.25, 0.3) is 5.91 Å². The highest BCUT2D eigenvalue weighted by Crippen LogP contribution is 2.17. The van der Waals surface area contributed by atoms with Gasteiger partial charge in [-0.05, 0) is 24.3 Å². The zero-order valence-corrected chi connectivity index (χ0v) is 10.4. The Hall–Kier alpha value is -0.830. The van der Waals surface area contributed by atoms with Crippen molar-refractivity contribution in [2.75, 3.05) is 0 Å². The summed E-state index contributed by atoms with van der Waals surface area (Å²) in [4.78, 5) is 11.9. The molecule has 1 saturated carbocycles. The van der Waals surface area contributed by atoms with Crippen LogP contribution in [0.5, 0.6) is 0 Å². The SMILES string of the molecule is O=C(NC1CCCCCCC1)c1ccsc1. The molecular formula is C13H19NOS. The molecule has 16 heavy (non-hydrogen) atoms. The molecule has 1 amide bonds. The van der Waals surface area contributed by atoms with Gasteiger partial charge in [-0.2, -0.15) is 11.3 Å². The van der Waals surface area contributed by atoms with Crippen molar-refractivity contribution in [2.45, 2.75) is 51.0 Å². The van der Waals surface area contributed by atoms with Gasteiger partial charge in [0.05, 0.1) is 0 Å². The number of carbonyl (C=O) groups excluding carboxylic acids is 1. The second kappa shape index (κ2) is 6.04. The van der Waals surface area contributed by atoms with Crippen LogP contribution < -0.4 is 5.32 Å². The van der Waals surface area contributed by atoms with E-state index in [0.717, 1.165) is 18.4 Å². The molecule has 1 heterocycles. The molecule has 88 valence electrons. The van der Waals surface area contributed by atoms with E-state index in [9.17, 15) is 4.79 Å². The maximum absolute atomic E-state index is 11.9. The van der Waals surface area contributed by atoms with Crippen LogP contribution in [-0.4, -0.2) is 11.9 Å². The van der Waals surface area contributed by atoms with Crippen molar-refractivity contribution in [2.24, 2.45) is 0 Å². The molecule has 0 aliphatic heterocycles. The minimum absolute atomic E-state index is 0.104. The van der Waals surface area contributed by atoms with E-state index in [1.807, 2.05) is 16.8 Å². The molecule has 0 unspecified atom stereocenters. The lowest BCUT2D eigenvalue weighted by molar-refractivity contribution is 0.0931. The number of hydrogen-bond acceptors (Lipinski definition) is 2. The van der Waals surface area contributed by atoms with Crippen LogP contribution in [0.3, 0.4) is 0 Å². The minimum Gasteiger partial charge on any atom is -0.349 e. The third-order valence-electron chi connectivity index (χ3n) is 3.22. The molecule has 1 aromatic heterocycles. The van der Waals surface area contributed by atoms with Gasteiger partial charge in [0.15, 0.2) is 0 Å². The Bertz CT molecular complexity index is 313. The van der Waals surface area contributed by atoms with Crippen molar-refractivity contribution >= 4 is 17.2 Å². The fourth-order valence-electron chi connectivity index (χ4n) is 2.26. The summed E-state index contributed by atoms with van der Waals surface area (Å²) in [5, 5.41) is 7.02. The summed E-state index contributed by atoms with van der Waals surface area (Å²) in [5.74, 6) is 0.104. The maximum Gasteiger partial charge on any atom is 0.252 e. The third kappa shape index (κ3) is 3.34. The van der Waals surface area contributed by atoms with Gasteiger partial charge in [0, 0.05) is 17.0 Å². The van der Waals surface area contributed by atoms with E-state index in [-0.39, 0.29) is 5.91 Å². The van der Waals surface area contributed by atoms with E-state index in [1.165, 1.54) is 32.1 Å². The predicted octanol–water partition coefficient (Wildman–Crippen LogP) is 3.59. The molecule has 2 nitrogen and oxygen atoms in total. The van der Waals surface area contributed by atoms with Crippen LogP contribution in [0.15, 0.2) is 16.8 Å². The van der Waals surface area contributed by atoms with Gasteiger partial charge in [0.2, 0.25) is 0 Å². The van der Waals surface area contributed by atoms with Crippen molar-refractivity contribution in [3.05, 3.63) is 22.4 Å². The lowest BCUT2D eigenvalue weighted by Crippen LogP contribution is -2.35. The molecule has 1 aliphatic rings. The number of amides is 1. The first-order valence-corrected chi connectivity index (χ1v) is 7.13. The molecule has 0 saturated heterocycles. The Labute approximate surface area is 101 Å². The smallest absolute Gasteiger partial charge is 0.252 e. The highest BCUT2D eigenvalue weighted by molar-refractivity contribution is 7.08. The van der Waals surface area contributed by atoms with Crippen molar-refractivity contribution in [3.8, 4) is 0 Å². The fraction of sp³-hybridized carbons (Fsp3) is 0.615. The van der Waals surface area contributed by atoms with Crippen molar-refractivity contribution < 1.29 is 4.79 Å². The number of hydrogen-bond donors (Lipinski definition) is 1. The van der Waals surface area contributed by atoms with Crippen molar-refractivity contribution in [1.29, 1.82) is 0 Å². The van der Waals surface area contributed by atoms with Gasteiger partial charge in [-0.1, -0.05) is 32.1 Å². The van der Waals surface area contributed by atoms with Crippen molar-refractivity contribution in [1.82, 2.24) is 5.32 Å². The van der Waals surface area contributed by atoms with Gasteiger partial charge >= 0.3 is 0 Å². The topological polar surface area (TPSA) is 29.1 Å². The Morgan fingerprint density at radius 2 is 1.88 bits per heavy atom. The van der Waals surface area contributed by atoms with E-state index in [1.54, 1.807) is 11.3 Å². The fourth-order valence-corrected chi connectivity index (χ4v) is 2.90. The highest BCUT2D eigenvalue weighted by Gasteiger charge is 2.14. The summed E-state index contributed by atoms with van der Waals surface area (Å²) >= 11 is 1.58. The monoisotopic (exact) mass is 237 g/mol.